The molecule has 0 bridgehead atoms. The number of carboxylic acids is 2. The van der Waals surface area contributed by atoms with Gasteiger partial charge in [-0.05, 0) is 258 Å². The average molecular weight is 1990 g/mol. The molecule has 4 aromatic heterocycles. The van der Waals surface area contributed by atoms with Crippen molar-refractivity contribution in [2.24, 2.45) is 35.3 Å². The maximum Gasteiger partial charge on any atom is 0.415 e. The van der Waals surface area contributed by atoms with E-state index in [-0.39, 0.29) is 131 Å². The van der Waals surface area contributed by atoms with Gasteiger partial charge in [0.2, 0.25) is 0 Å². The monoisotopic (exact) mass is 1990 g/mol. The van der Waals surface area contributed by atoms with E-state index < -0.39 is 34.2 Å². The number of aromatic carboxylic acids is 1. The number of likely N-dealkylation sites (tertiary alicyclic amines) is 4. The number of para-hydroxylation sites is 2. The van der Waals surface area contributed by atoms with Crippen LogP contribution in [-0.4, -0.2) is 188 Å². The van der Waals surface area contributed by atoms with Crippen LogP contribution in [0.5, 0.6) is 11.5 Å². The van der Waals surface area contributed by atoms with E-state index in [9.17, 15) is 47.9 Å². The molecule has 2 aromatic carbocycles. The SMILES string of the molecule is C.C.C.C.CC(=O)C1CCN(C(=O)OC(C)(C)C)CC1.CC(=O)O.CC(N)C1CCN(C(=O)OC(C)(C)C)CC1.CC(NC(=O)c1ccc(Cl)s1)C1CCCCC1.CC(NC(=O)c1ccc(Cl)s1)C1CCN(C(=O)OC(C)(C)C)CC1.CC(NC(=O)c1ccc(Cl)s1)C1CCN(C(=O)Oc2ccccc2)CC1.Cl.N.O=C(Cl)Oc1ccccc1.O=C(O)c1ccc(Cl)s1. The van der Waals surface area contributed by atoms with E-state index in [2.05, 4.69) is 27.6 Å². The van der Waals surface area contributed by atoms with Crippen molar-refractivity contribution in [3.8, 4) is 11.5 Å². The van der Waals surface area contributed by atoms with Gasteiger partial charge in [-0.25, -0.2) is 28.8 Å². The van der Waals surface area contributed by atoms with Crippen molar-refractivity contribution in [3.05, 3.63) is 146 Å². The van der Waals surface area contributed by atoms with Gasteiger partial charge in [-0.3, -0.25) is 24.0 Å². The second-order valence-electron chi connectivity index (χ2n) is 32.9. The number of nitrogens with two attached hydrogens (primary N) is 1. The standard InChI is InChI=1S/C19H21ClN2O3S.C17H25ClN2O3S.C13H18ClNOS.C12H24N2O2.C12H21NO3.C7H5ClO2.C5H3ClO2S.C2H4O2.4CH4.ClH.H3N/c1-13(21-18(23)16-7-8-17(20)26-16)14-9-11-22(12-10-14)19(24)25-15-5-3-2-4-6-15;1-11(19-15(21)13-5-6-14(18)24-13)12-7-9-20(10-8-12)16(22)23-17(2,3)4;1-9(10-5-3-2-4-6-10)15-13(16)11-7-8-12(14)17-11;1-9(13)10-5-7-14(8-6-10)11(15)16-12(2,3)4;1-9(14)10-5-7-13(8-6-10)11(15)16-12(2,3)4;8-7(9)10-6-4-2-1-3-5-6;6-4-2-1-3(9-4)5(7)8;1-2(3)4;;;;;;/h2-8,13-14H,9-12H2,1H3,(H,21,23);5-6,11-12H,7-10H2,1-4H3,(H,19,21);7-10H,2-6H2,1H3,(H,15,16);9-10H,5-8,13H2,1-4H3;10H,5-8H2,1-4H3;1-5H;1-2H,(H,7,8);1H3,(H,3,4);4*1H4;1H;1H3. The van der Waals surface area contributed by atoms with Crippen LogP contribution in [0.1, 0.15) is 256 Å². The van der Waals surface area contributed by atoms with Crippen molar-refractivity contribution in [2.75, 3.05) is 52.4 Å². The molecule has 27 nitrogen and oxygen atoms in total. The number of rotatable bonds is 14. The molecule has 37 heteroatoms. The van der Waals surface area contributed by atoms with Crippen LogP contribution >= 0.6 is 116 Å². The largest absolute Gasteiger partial charge is 0.481 e. The molecule has 0 spiro atoms. The smallest absolute Gasteiger partial charge is 0.415 e. The number of benzene rings is 2. The maximum absolute atomic E-state index is 12.2. The highest BCUT2D eigenvalue weighted by Crippen LogP contribution is 2.32. The number of halogens is 6. The number of aliphatic carboxylic acids is 1. The van der Waals surface area contributed by atoms with Gasteiger partial charge >= 0.3 is 35.8 Å². The van der Waals surface area contributed by atoms with Crippen molar-refractivity contribution in [2.45, 2.75) is 258 Å². The molecule has 0 radical (unpaired) electrons. The topological polar surface area (TPSA) is 384 Å². The predicted octanol–water partition coefficient (Wildman–Crippen LogP) is 24.6. The number of piperidine rings is 4. The lowest BCUT2D eigenvalue weighted by Gasteiger charge is -2.35. The zero-order chi connectivity index (χ0) is 91.2. The second kappa shape index (κ2) is 62.7. The van der Waals surface area contributed by atoms with E-state index in [1.54, 1.807) is 105 Å². The number of nitrogens with one attached hydrogen (secondary N) is 3. The number of hydrogen-bond donors (Lipinski definition) is 7. The summed E-state index contributed by atoms with van der Waals surface area (Å²) < 4.78 is 28.3. The number of Topliss-reactive ketones (excluding diaryl/α,β-unsaturated/α-hetero) is 1. The molecule has 8 heterocycles. The minimum absolute atomic E-state index is 0. The minimum atomic E-state index is -0.924. The first-order valence-corrected chi connectivity index (χ1v) is 45.8. The third kappa shape index (κ3) is 50.8. The van der Waals surface area contributed by atoms with Gasteiger partial charge in [-0.1, -0.05) is 132 Å². The third-order valence-electron chi connectivity index (χ3n) is 19.6. The lowest BCUT2D eigenvalue weighted by molar-refractivity contribution is -0.134. The van der Waals surface area contributed by atoms with Gasteiger partial charge in [0.25, 0.3) is 23.7 Å². The average Bonchev–Trinajstić information content (AvgIpc) is 1.38. The Bertz CT molecular complexity index is 4230. The molecule has 10 N–H and O–H groups in total. The molecule has 4 unspecified atom stereocenters. The van der Waals surface area contributed by atoms with Gasteiger partial charge in [0.15, 0.2) is 0 Å². The normalized spacial score (nSPS) is 15.5. The summed E-state index contributed by atoms with van der Waals surface area (Å²) in [4.78, 5) is 134. The molecule has 5 aliphatic rings. The highest BCUT2D eigenvalue weighted by molar-refractivity contribution is 7.19. The van der Waals surface area contributed by atoms with Crippen molar-refractivity contribution < 1.29 is 86.6 Å². The van der Waals surface area contributed by atoms with Crippen LogP contribution in [0, 0.1) is 29.6 Å². The first-order chi connectivity index (χ1) is 57.1. The van der Waals surface area contributed by atoms with Gasteiger partial charge in [0.05, 0.1) is 32.0 Å². The maximum atomic E-state index is 12.2. The highest BCUT2D eigenvalue weighted by atomic mass is 35.5. The second-order valence-corrected chi connectivity index (χ2v) is 40.1. The van der Waals surface area contributed by atoms with Crippen LogP contribution in [0.25, 0.3) is 0 Å². The summed E-state index contributed by atoms with van der Waals surface area (Å²) in [7, 11) is 0. The van der Waals surface area contributed by atoms with Crippen LogP contribution < -0.4 is 37.3 Å². The Morgan fingerprint density at radius 1 is 0.398 bits per heavy atom. The van der Waals surface area contributed by atoms with E-state index in [1.165, 1.54) is 72.2 Å². The molecule has 128 heavy (non-hydrogen) atoms. The third-order valence-corrected chi connectivity index (χ3v) is 24.5. The zero-order valence-corrected chi connectivity index (χ0v) is 81.2. The van der Waals surface area contributed by atoms with E-state index >= 15 is 0 Å². The van der Waals surface area contributed by atoms with Gasteiger partial charge < -0.3 is 81.3 Å². The first kappa shape index (κ1) is 125. The number of ketones is 1. The molecule has 1 saturated carbocycles. The number of ether oxygens (including phenoxy) is 5. The zero-order valence-electron chi connectivity index (χ0n) is 73.4. The fraction of sp³-hybridized carbons (Fsp3) is 0.571. The Kier molecular flexibility index (Phi) is 61.1. The molecular formula is C91H141Cl6N9O18S4. The number of carbonyl (C=O) groups is 11. The van der Waals surface area contributed by atoms with E-state index in [0.29, 0.717) is 106 Å². The van der Waals surface area contributed by atoms with Crippen LogP contribution in [-0.2, 0) is 23.8 Å². The lowest BCUT2D eigenvalue weighted by Crippen LogP contribution is -2.46. The van der Waals surface area contributed by atoms with Crippen molar-refractivity contribution >= 4 is 181 Å². The number of carbonyl (C=O) groups excluding carboxylic acids is 9. The molecule has 7 amide bonds. The predicted molar refractivity (Wildman–Crippen MR) is 525 cm³/mol. The molecule has 724 valence electrons. The Labute approximate surface area is 806 Å². The van der Waals surface area contributed by atoms with Crippen LogP contribution in [0.4, 0.5) is 24.0 Å². The summed E-state index contributed by atoms with van der Waals surface area (Å²) in [5, 5.41) is 24.9. The molecule has 4 saturated heterocycles. The van der Waals surface area contributed by atoms with E-state index in [0.717, 1.165) is 82.7 Å². The number of nitrogens with zero attached hydrogens (tertiary/aromatic N) is 4. The Hall–Kier alpha value is -7.53. The van der Waals surface area contributed by atoms with Crippen molar-refractivity contribution in [1.29, 1.82) is 0 Å². The summed E-state index contributed by atoms with van der Waals surface area (Å²) in [6.45, 7) is 33.1. The molecule has 6 aromatic rings. The van der Waals surface area contributed by atoms with Gasteiger partial charge in [-0.2, -0.15) is 0 Å². The fourth-order valence-electron chi connectivity index (χ4n) is 13.0. The molecule has 1 aliphatic carbocycles. The Balaban J connectivity index is -0.00000143. The number of hydrogen-bond acceptors (Lipinski definition) is 22. The highest BCUT2D eigenvalue weighted by Gasteiger charge is 2.34. The summed E-state index contributed by atoms with van der Waals surface area (Å²) in [5.41, 5.74) is 3.71. The summed E-state index contributed by atoms with van der Waals surface area (Å²) in [6.07, 6.45) is 12.2. The van der Waals surface area contributed by atoms with Crippen LogP contribution in [0.15, 0.2) is 109 Å². The van der Waals surface area contributed by atoms with E-state index in [1.807, 2.05) is 107 Å². The fourth-order valence-corrected chi connectivity index (χ4v) is 16.8. The van der Waals surface area contributed by atoms with Crippen LogP contribution in [0.2, 0.25) is 17.3 Å². The number of carboxylic acid groups (broad SMARTS) is 2. The number of thiophene rings is 4. The van der Waals surface area contributed by atoms with Crippen LogP contribution in [0.3, 0.4) is 0 Å². The molecule has 5 fully saturated rings. The molecule has 4 atom stereocenters. The number of amides is 7. The minimum Gasteiger partial charge on any atom is -0.481 e. The molecular weight excluding hydrogens is 1850 g/mol. The Morgan fingerprint density at radius 2 is 0.656 bits per heavy atom. The van der Waals surface area contributed by atoms with E-state index in [4.69, 9.17) is 97.7 Å². The van der Waals surface area contributed by atoms with Gasteiger partial charge in [0, 0.05) is 101 Å². The summed E-state index contributed by atoms with van der Waals surface area (Å²) >= 11 is 32.9. The van der Waals surface area contributed by atoms with Crippen molar-refractivity contribution in [3.63, 3.8) is 0 Å². The summed E-state index contributed by atoms with van der Waals surface area (Å²) in [6, 6.07) is 31.8. The first-order valence-electron chi connectivity index (χ1n) is 40.7. The van der Waals surface area contributed by atoms with Gasteiger partial charge in [0.1, 0.15) is 39.0 Å². The van der Waals surface area contributed by atoms with Crippen molar-refractivity contribution in [1.82, 2.24) is 41.7 Å². The Morgan fingerprint density at radius 3 is 0.898 bits per heavy atom. The quantitative estimate of drug-likeness (QED) is 0.0393. The van der Waals surface area contributed by atoms with Gasteiger partial charge in [-0.15, -0.1) is 57.8 Å². The summed E-state index contributed by atoms with van der Waals surface area (Å²) in [5.74, 6) is 1.29. The molecule has 4 aliphatic heterocycles. The lowest BCUT2D eigenvalue weighted by atomic mass is 9.84. The molecule has 11 rings (SSSR count).